The number of hydrogen-bond donors (Lipinski definition) is 1. The van der Waals surface area contributed by atoms with Crippen molar-refractivity contribution in [3.63, 3.8) is 0 Å². The van der Waals surface area contributed by atoms with E-state index in [1.54, 1.807) is 24.0 Å². The minimum absolute atomic E-state index is 0.0221. The Morgan fingerprint density at radius 2 is 2.00 bits per heavy atom. The van der Waals surface area contributed by atoms with Gasteiger partial charge in [-0.3, -0.25) is 9.59 Å². The van der Waals surface area contributed by atoms with Gasteiger partial charge in [-0.2, -0.15) is 0 Å². The molecule has 2 atom stereocenters. The van der Waals surface area contributed by atoms with Crippen LogP contribution in [0.4, 0.5) is 4.39 Å². The van der Waals surface area contributed by atoms with Crippen molar-refractivity contribution in [1.29, 1.82) is 0 Å². The average Bonchev–Trinajstić information content (AvgIpc) is 2.47. The Hall–Kier alpha value is -1.91. The van der Waals surface area contributed by atoms with E-state index < -0.39 is 11.4 Å². The molecule has 2 rings (SSSR count). The zero-order chi connectivity index (χ0) is 16.3. The molecular formula is C17H22FNO3. The molecule has 4 nitrogen and oxygen atoms in total. The molecule has 0 bridgehead atoms. The van der Waals surface area contributed by atoms with E-state index in [4.69, 9.17) is 0 Å². The lowest BCUT2D eigenvalue weighted by atomic mass is 9.81. The molecule has 0 saturated carbocycles. The quantitative estimate of drug-likeness (QED) is 0.930. The van der Waals surface area contributed by atoms with Gasteiger partial charge in [0.1, 0.15) is 5.82 Å². The molecule has 1 aromatic carbocycles. The second-order valence-corrected chi connectivity index (χ2v) is 6.44. The van der Waals surface area contributed by atoms with Crippen LogP contribution in [-0.4, -0.2) is 35.0 Å². The summed E-state index contributed by atoms with van der Waals surface area (Å²) in [4.78, 5) is 25.4. The van der Waals surface area contributed by atoms with Crippen LogP contribution in [0.1, 0.15) is 44.6 Å². The van der Waals surface area contributed by atoms with Gasteiger partial charge in [-0.15, -0.1) is 0 Å². The number of hydrogen-bond acceptors (Lipinski definition) is 2. The lowest BCUT2D eigenvalue weighted by molar-refractivity contribution is -0.153. The number of carboxylic acids is 1. The monoisotopic (exact) mass is 307 g/mol. The lowest BCUT2D eigenvalue weighted by Gasteiger charge is -2.38. The normalized spacial score (nSPS) is 23.1. The van der Waals surface area contributed by atoms with Crippen molar-refractivity contribution in [3.8, 4) is 0 Å². The molecule has 5 heteroatoms. The topological polar surface area (TPSA) is 57.6 Å². The molecule has 0 aromatic heterocycles. The van der Waals surface area contributed by atoms with E-state index in [0.29, 0.717) is 25.8 Å². The number of likely N-dealkylation sites (tertiary alicyclic amines) is 1. The highest BCUT2D eigenvalue weighted by atomic mass is 19.1. The van der Waals surface area contributed by atoms with Crippen LogP contribution in [0.5, 0.6) is 0 Å². The number of carbonyl (C=O) groups is 2. The number of piperidine rings is 1. The molecule has 0 radical (unpaired) electrons. The molecular weight excluding hydrogens is 285 g/mol. The van der Waals surface area contributed by atoms with E-state index in [-0.39, 0.29) is 24.2 Å². The zero-order valence-corrected chi connectivity index (χ0v) is 13.0. The molecule has 1 aromatic rings. The maximum atomic E-state index is 12.9. The molecule has 1 N–H and O–H groups in total. The number of benzene rings is 1. The van der Waals surface area contributed by atoms with E-state index in [0.717, 1.165) is 5.56 Å². The van der Waals surface area contributed by atoms with Gasteiger partial charge in [0.05, 0.1) is 5.41 Å². The molecule has 1 aliphatic heterocycles. The van der Waals surface area contributed by atoms with Crippen molar-refractivity contribution >= 4 is 11.9 Å². The van der Waals surface area contributed by atoms with Gasteiger partial charge in [0.2, 0.25) is 5.91 Å². The first-order chi connectivity index (χ1) is 10.3. The predicted octanol–water partition coefficient (Wildman–Crippen LogP) is 3.03. The largest absolute Gasteiger partial charge is 0.481 e. The van der Waals surface area contributed by atoms with E-state index in [1.807, 2.05) is 6.92 Å². The van der Waals surface area contributed by atoms with Crippen LogP contribution in [0.2, 0.25) is 0 Å². The van der Waals surface area contributed by atoms with Gasteiger partial charge < -0.3 is 10.0 Å². The van der Waals surface area contributed by atoms with Crippen LogP contribution in [0, 0.1) is 11.2 Å². The number of rotatable bonds is 4. The van der Waals surface area contributed by atoms with Crippen molar-refractivity contribution < 1.29 is 19.1 Å². The third kappa shape index (κ3) is 3.64. The number of nitrogens with zero attached hydrogens (tertiary/aromatic N) is 1. The highest BCUT2D eigenvalue weighted by Crippen LogP contribution is 2.31. The molecule has 2 unspecified atom stereocenters. The number of halogens is 1. The highest BCUT2D eigenvalue weighted by molar-refractivity contribution is 5.80. The molecule has 1 aliphatic rings. The molecule has 0 spiro atoms. The Morgan fingerprint density at radius 3 is 2.59 bits per heavy atom. The van der Waals surface area contributed by atoms with Gasteiger partial charge in [0, 0.05) is 19.5 Å². The summed E-state index contributed by atoms with van der Waals surface area (Å²) in [7, 11) is 0. The second-order valence-electron chi connectivity index (χ2n) is 6.44. The van der Waals surface area contributed by atoms with Crippen molar-refractivity contribution in [2.24, 2.45) is 5.41 Å². The SMILES string of the molecule is CC(CC(=O)N1CCCC(C)(C(=O)O)C1)c1ccc(F)cc1. The Labute approximate surface area is 129 Å². The van der Waals surface area contributed by atoms with E-state index in [1.165, 1.54) is 12.1 Å². The minimum Gasteiger partial charge on any atom is -0.481 e. The summed E-state index contributed by atoms with van der Waals surface area (Å²) in [5.41, 5.74) is 0.0558. The summed E-state index contributed by atoms with van der Waals surface area (Å²) in [6.45, 7) is 4.48. The van der Waals surface area contributed by atoms with Gasteiger partial charge in [-0.1, -0.05) is 19.1 Å². The molecule has 22 heavy (non-hydrogen) atoms. The van der Waals surface area contributed by atoms with Crippen LogP contribution >= 0.6 is 0 Å². The lowest BCUT2D eigenvalue weighted by Crippen LogP contribution is -2.48. The van der Waals surface area contributed by atoms with Crippen molar-refractivity contribution in [3.05, 3.63) is 35.6 Å². The first-order valence-electron chi connectivity index (χ1n) is 7.58. The van der Waals surface area contributed by atoms with Crippen LogP contribution in [-0.2, 0) is 9.59 Å². The molecule has 1 heterocycles. The first kappa shape index (κ1) is 16.5. The van der Waals surface area contributed by atoms with Gasteiger partial charge in [-0.05, 0) is 43.4 Å². The van der Waals surface area contributed by atoms with Crippen LogP contribution in [0.3, 0.4) is 0 Å². The number of carbonyl (C=O) groups excluding carboxylic acids is 1. The summed E-state index contributed by atoms with van der Waals surface area (Å²) in [6.07, 6.45) is 1.61. The second kappa shape index (κ2) is 6.46. The number of carboxylic acid groups (broad SMARTS) is 1. The fourth-order valence-electron chi connectivity index (χ4n) is 2.93. The fourth-order valence-corrected chi connectivity index (χ4v) is 2.93. The van der Waals surface area contributed by atoms with E-state index in [2.05, 4.69) is 0 Å². The molecule has 120 valence electrons. The summed E-state index contributed by atoms with van der Waals surface area (Å²) < 4.78 is 12.9. The Balaban J connectivity index is 1.99. The minimum atomic E-state index is -0.854. The summed E-state index contributed by atoms with van der Waals surface area (Å²) >= 11 is 0. The fraction of sp³-hybridized carbons (Fsp3) is 0.529. The molecule has 1 saturated heterocycles. The highest BCUT2D eigenvalue weighted by Gasteiger charge is 2.39. The van der Waals surface area contributed by atoms with Gasteiger partial charge in [0.25, 0.3) is 0 Å². The maximum absolute atomic E-state index is 12.9. The molecule has 1 fully saturated rings. The zero-order valence-electron chi connectivity index (χ0n) is 13.0. The maximum Gasteiger partial charge on any atom is 0.311 e. The number of aliphatic carboxylic acids is 1. The third-order valence-corrected chi connectivity index (χ3v) is 4.49. The first-order valence-corrected chi connectivity index (χ1v) is 7.58. The van der Waals surface area contributed by atoms with Crippen molar-refractivity contribution in [2.45, 2.75) is 39.0 Å². The summed E-state index contributed by atoms with van der Waals surface area (Å²) in [5, 5.41) is 9.31. The average molecular weight is 307 g/mol. The third-order valence-electron chi connectivity index (χ3n) is 4.49. The number of amides is 1. The Morgan fingerprint density at radius 1 is 1.36 bits per heavy atom. The van der Waals surface area contributed by atoms with Crippen LogP contribution < -0.4 is 0 Å². The smallest absolute Gasteiger partial charge is 0.311 e. The Kier molecular flexibility index (Phi) is 4.84. The summed E-state index contributed by atoms with van der Waals surface area (Å²) in [6, 6.07) is 6.15. The van der Waals surface area contributed by atoms with Gasteiger partial charge in [0.15, 0.2) is 0 Å². The van der Waals surface area contributed by atoms with Gasteiger partial charge in [-0.25, -0.2) is 4.39 Å². The van der Waals surface area contributed by atoms with E-state index in [9.17, 15) is 19.1 Å². The summed E-state index contributed by atoms with van der Waals surface area (Å²) in [5.74, 6) is -1.21. The molecule has 1 amide bonds. The molecule has 0 aliphatic carbocycles. The Bertz CT molecular complexity index is 558. The van der Waals surface area contributed by atoms with E-state index >= 15 is 0 Å². The van der Waals surface area contributed by atoms with Crippen molar-refractivity contribution in [1.82, 2.24) is 4.90 Å². The van der Waals surface area contributed by atoms with Crippen LogP contribution in [0.15, 0.2) is 24.3 Å². The van der Waals surface area contributed by atoms with Crippen molar-refractivity contribution in [2.75, 3.05) is 13.1 Å². The van der Waals surface area contributed by atoms with Crippen LogP contribution in [0.25, 0.3) is 0 Å². The standard InChI is InChI=1S/C17H22FNO3/c1-12(13-4-6-14(18)7-5-13)10-15(20)19-9-3-8-17(2,11-19)16(21)22/h4-7,12H,3,8-11H2,1-2H3,(H,21,22). The predicted molar refractivity (Wildman–Crippen MR) is 81.0 cm³/mol. The van der Waals surface area contributed by atoms with Gasteiger partial charge >= 0.3 is 5.97 Å².